The molecular weight excluding hydrogens is 230 g/mol. The Morgan fingerprint density at radius 3 is 2.50 bits per heavy atom. The highest BCUT2D eigenvalue weighted by molar-refractivity contribution is 7.90. The first-order valence-corrected chi connectivity index (χ1v) is 5.96. The fourth-order valence-corrected chi connectivity index (χ4v) is 3.04. The molecule has 1 aromatic rings. The van der Waals surface area contributed by atoms with Gasteiger partial charge in [0.2, 0.25) is 0 Å². The van der Waals surface area contributed by atoms with Gasteiger partial charge in [-0.1, -0.05) is 6.07 Å². The second-order valence-electron chi connectivity index (χ2n) is 3.51. The van der Waals surface area contributed by atoms with Gasteiger partial charge in [0.1, 0.15) is 4.90 Å². The molecule has 1 aliphatic heterocycles. The largest absolute Gasteiger partial charge is 0.397 e. The van der Waals surface area contributed by atoms with Crippen molar-refractivity contribution in [2.75, 3.05) is 24.7 Å². The number of carbonyl (C=O) groups excluding carboxylic acids is 1. The van der Waals surface area contributed by atoms with Crippen molar-refractivity contribution in [3.63, 3.8) is 0 Å². The summed E-state index contributed by atoms with van der Waals surface area (Å²) < 4.78 is 24.6. The van der Waals surface area contributed by atoms with Gasteiger partial charge in [-0.15, -0.1) is 0 Å². The van der Waals surface area contributed by atoms with Crippen molar-refractivity contribution in [3.8, 4) is 0 Å². The molecule has 0 bridgehead atoms. The van der Waals surface area contributed by atoms with E-state index in [1.54, 1.807) is 12.1 Å². The highest BCUT2D eigenvalue weighted by atomic mass is 32.2. The van der Waals surface area contributed by atoms with Crippen LogP contribution in [-0.4, -0.2) is 32.8 Å². The van der Waals surface area contributed by atoms with Crippen LogP contribution in [0.5, 0.6) is 0 Å². The first-order chi connectivity index (χ1) is 7.37. The summed E-state index contributed by atoms with van der Waals surface area (Å²) in [6.07, 6.45) is 0. The Hall–Kier alpha value is -1.76. The summed E-state index contributed by atoms with van der Waals surface area (Å²) in [5.41, 5.74) is 6.19. The third kappa shape index (κ3) is 1.18. The number of anilines is 2. The van der Waals surface area contributed by atoms with E-state index in [-0.39, 0.29) is 16.3 Å². The summed E-state index contributed by atoms with van der Waals surface area (Å²) in [5.74, 6) is 0. The minimum Gasteiger partial charge on any atom is -0.397 e. The normalized spacial score (nSPS) is 18.5. The van der Waals surface area contributed by atoms with Crippen molar-refractivity contribution in [2.24, 2.45) is 0 Å². The molecule has 0 aromatic heterocycles. The van der Waals surface area contributed by atoms with E-state index in [2.05, 4.69) is 0 Å². The van der Waals surface area contributed by atoms with Crippen LogP contribution in [0.3, 0.4) is 0 Å². The molecule has 2 rings (SSSR count). The van der Waals surface area contributed by atoms with E-state index in [4.69, 9.17) is 5.73 Å². The van der Waals surface area contributed by atoms with E-state index in [9.17, 15) is 13.2 Å². The average Bonchev–Trinajstić information content (AvgIpc) is 2.24. The lowest BCUT2D eigenvalue weighted by atomic mass is 10.2. The molecule has 0 saturated heterocycles. The van der Waals surface area contributed by atoms with E-state index in [1.165, 1.54) is 25.1 Å². The zero-order valence-electron chi connectivity index (χ0n) is 8.84. The van der Waals surface area contributed by atoms with Crippen LogP contribution in [0.2, 0.25) is 0 Å². The Morgan fingerprint density at radius 2 is 1.88 bits per heavy atom. The molecule has 2 N–H and O–H groups in total. The Labute approximate surface area is 93.3 Å². The second kappa shape index (κ2) is 3.11. The predicted octanol–water partition coefficient (Wildman–Crippen LogP) is 0.459. The highest BCUT2D eigenvalue weighted by Crippen LogP contribution is 2.36. The lowest BCUT2D eigenvalue weighted by Gasteiger charge is -2.32. The quantitative estimate of drug-likeness (QED) is 0.669. The standard InChI is InChI=1S/C9H11N3O3S/c1-11-8-6(10)4-3-5-7(8)16(14,15)12(2)9(11)13/h3-5H,10H2,1-2H3. The first-order valence-electron chi connectivity index (χ1n) is 4.52. The number of nitrogens with zero attached hydrogens (tertiary/aromatic N) is 2. The van der Waals surface area contributed by atoms with Crippen LogP contribution in [0.1, 0.15) is 0 Å². The van der Waals surface area contributed by atoms with E-state index < -0.39 is 16.1 Å². The molecule has 0 atom stereocenters. The fraction of sp³-hybridized carbons (Fsp3) is 0.222. The van der Waals surface area contributed by atoms with Gasteiger partial charge in [0.15, 0.2) is 0 Å². The lowest BCUT2D eigenvalue weighted by molar-refractivity contribution is 0.234. The van der Waals surface area contributed by atoms with Gasteiger partial charge >= 0.3 is 6.03 Å². The van der Waals surface area contributed by atoms with E-state index >= 15 is 0 Å². The third-order valence-electron chi connectivity index (χ3n) is 2.56. The van der Waals surface area contributed by atoms with Crippen LogP contribution in [0.15, 0.2) is 23.1 Å². The minimum atomic E-state index is -3.76. The molecular formula is C9H11N3O3S. The Balaban J connectivity index is 2.84. The smallest absolute Gasteiger partial charge is 0.337 e. The lowest BCUT2D eigenvalue weighted by Crippen LogP contribution is -2.47. The molecule has 86 valence electrons. The molecule has 1 heterocycles. The Morgan fingerprint density at radius 1 is 1.25 bits per heavy atom. The molecule has 6 nitrogen and oxygen atoms in total. The number of carbonyl (C=O) groups is 1. The summed E-state index contributed by atoms with van der Waals surface area (Å²) in [7, 11) is -1.05. The van der Waals surface area contributed by atoms with E-state index in [1.807, 2.05) is 0 Å². The minimum absolute atomic E-state index is 0.0529. The van der Waals surface area contributed by atoms with Gasteiger partial charge in [-0.25, -0.2) is 17.5 Å². The maximum absolute atomic E-state index is 11.9. The molecule has 2 amide bonds. The number of fused-ring (bicyclic) bond motifs is 1. The van der Waals surface area contributed by atoms with Crippen molar-refractivity contribution in [3.05, 3.63) is 18.2 Å². The van der Waals surface area contributed by atoms with Gasteiger partial charge in [0.25, 0.3) is 10.0 Å². The molecule has 0 fully saturated rings. The number of nitrogen functional groups attached to an aromatic ring is 1. The number of benzene rings is 1. The maximum atomic E-state index is 11.9. The summed E-state index contributed by atoms with van der Waals surface area (Å²) >= 11 is 0. The van der Waals surface area contributed by atoms with Gasteiger partial charge in [0.05, 0.1) is 11.4 Å². The van der Waals surface area contributed by atoms with Crippen molar-refractivity contribution < 1.29 is 13.2 Å². The van der Waals surface area contributed by atoms with Crippen LogP contribution in [0, 0.1) is 0 Å². The van der Waals surface area contributed by atoms with Crippen LogP contribution in [0.25, 0.3) is 0 Å². The molecule has 1 aromatic carbocycles. The monoisotopic (exact) mass is 241 g/mol. The fourth-order valence-electron chi connectivity index (χ4n) is 1.66. The highest BCUT2D eigenvalue weighted by Gasteiger charge is 2.38. The molecule has 7 heteroatoms. The molecule has 1 aliphatic rings. The van der Waals surface area contributed by atoms with Crippen LogP contribution < -0.4 is 10.6 Å². The van der Waals surface area contributed by atoms with E-state index in [0.29, 0.717) is 4.31 Å². The summed E-state index contributed by atoms with van der Waals surface area (Å²) in [6.45, 7) is 0. The van der Waals surface area contributed by atoms with Gasteiger partial charge < -0.3 is 5.73 Å². The predicted molar refractivity (Wildman–Crippen MR) is 59.6 cm³/mol. The second-order valence-corrected chi connectivity index (χ2v) is 5.45. The topological polar surface area (TPSA) is 83.7 Å². The number of amides is 2. The van der Waals surface area contributed by atoms with Crippen molar-refractivity contribution in [1.82, 2.24) is 4.31 Å². The van der Waals surface area contributed by atoms with Crippen LogP contribution in [-0.2, 0) is 10.0 Å². The number of nitrogens with two attached hydrogens (primary N) is 1. The number of sulfonamides is 1. The van der Waals surface area contributed by atoms with Gasteiger partial charge in [0, 0.05) is 14.1 Å². The van der Waals surface area contributed by atoms with Crippen LogP contribution in [0.4, 0.5) is 16.2 Å². The number of urea groups is 1. The molecule has 0 spiro atoms. The first kappa shape index (κ1) is 10.7. The third-order valence-corrected chi connectivity index (χ3v) is 4.32. The zero-order chi connectivity index (χ0) is 12.1. The summed E-state index contributed by atoms with van der Waals surface area (Å²) in [6, 6.07) is 3.91. The van der Waals surface area contributed by atoms with Crippen molar-refractivity contribution >= 4 is 27.4 Å². The molecule has 0 aliphatic carbocycles. The zero-order valence-corrected chi connectivity index (χ0v) is 9.65. The SMILES string of the molecule is CN1C(=O)N(C)S(=O)(=O)c2cccc(N)c21. The summed E-state index contributed by atoms with van der Waals surface area (Å²) in [4.78, 5) is 13.0. The number of hydrogen-bond donors (Lipinski definition) is 1. The van der Waals surface area contributed by atoms with Crippen molar-refractivity contribution in [2.45, 2.75) is 4.90 Å². The number of rotatable bonds is 0. The number of para-hydroxylation sites is 1. The number of hydrogen-bond acceptors (Lipinski definition) is 4. The molecule has 0 unspecified atom stereocenters. The van der Waals surface area contributed by atoms with Gasteiger partial charge in [-0.3, -0.25) is 4.90 Å². The van der Waals surface area contributed by atoms with Crippen LogP contribution >= 0.6 is 0 Å². The van der Waals surface area contributed by atoms with Crippen molar-refractivity contribution in [1.29, 1.82) is 0 Å². The molecule has 0 saturated carbocycles. The average molecular weight is 241 g/mol. The Bertz CT molecular complexity index is 567. The molecule has 16 heavy (non-hydrogen) atoms. The molecule has 0 radical (unpaired) electrons. The van der Waals surface area contributed by atoms with Gasteiger partial charge in [-0.05, 0) is 12.1 Å². The maximum Gasteiger partial charge on any atom is 0.337 e. The van der Waals surface area contributed by atoms with Gasteiger partial charge in [-0.2, -0.15) is 0 Å². The van der Waals surface area contributed by atoms with E-state index in [0.717, 1.165) is 0 Å². The Kier molecular flexibility index (Phi) is 2.09. The summed E-state index contributed by atoms with van der Waals surface area (Å²) in [5, 5.41) is 0.